The number of halogens is 1. The molecule has 8 heteroatoms. The summed E-state index contributed by atoms with van der Waals surface area (Å²) in [6, 6.07) is 10.0. The van der Waals surface area contributed by atoms with Gasteiger partial charge in [-0.1, -0.05) is 12.1 Å². The summed E-state index contributed by atoms with van der Waals surface area (Å²) >= 11 is 0. The Kier molecular flexibility index (Phi) is 4.57. The first-order valence-corrected chi connectivity index (χ1v) is 7.66. The normalized spacial score (nSPS) is 10.7. The smallest absolute Gasteiger partial charge is 0.374 e. The Morgan fingerprint density at radius 2 is 1.85 bits per heavy atom. The van der Waals surface area contributed by atoms with Crippen molar-refractivity contribution < 1.29 is 18.3 Å². The lowest BCUT2D eigenvalue weighted by Gasteiger charge is -2.09. The molecule has 0 saturated carbocycles. The molecule has 0 saturated heterocycles. The maximum atomic E-state index is 13.8. The Hall–Kier alpha value is -3.42. The molecule has 0 spiro atoms. The van der Waals surface area contributed by atoms with Crippen LogP contribution < -0.4 is 11.2 Å². The molecule has 0 aliphatic rings. The van der Waals surface area contributed by atoms with E-state index in [-0.39, 0.29) is 29.4 Å². The number of rotatable bonds is 4. The topological polar surface area (TPSA) is 83.4 Å². The van der Waals surface area contributed by atoms with Crippen molar-refractivity contribution in [1.82, 2.24) is 9.13 Å². The molecular formula is C18H15FN2O5. The minimum absolute atomic E-state index is 0.114. The maximum Gasteiger partial charge on any atom is 0.374 e. The monoisotopic (exact) mass is 358 g/mol. The Bertz CT molecular complexity index is 1090. The van der Waals surface area contributed by atoms with E-state index < -0.39 is 23.0 Å². The van der Waals surface area contributed by atoms with Gasteiger partial charge in [0.15, 0.2) is 0 Å². The maximum absolute atomic E-state index is 13.8. The van der Waals surface area contributed by atoms with E-state index in [9.17, 15) is 18.8 Å². The minimum atomic E-state index is -0.791. The second-order valence-corrected chi connectivity index (χ2v) is 5.59. The van der Waals surface area contributed by atoms with Gasteiger partial charge in [-0.25, -0.2) is 14.0 Å². The van der Waals surface area contributed by atoms with Crippen molar-refractivity contribution in [3.63, 3.8) is 0 Å². The van der Waals surface area contributed by atoms with E-state index in [2.05, 4.69) is 0 Å². The SMILES string of the molecule is Cn1c(COC(=O)c2ccc(-c3ccccc3F)o2)cc(=O)n(C)c1=O. The van der Waals surface area contributed by atoms with E-state index >= 15 is 0 Å². The lowest BCUT2D eigenvalue weighted by Crippen LogP contribution is -2.38. The molecule has 0 N–H and O–H groups in total. The highest BCUT2D eigenvalue weighted by molar-refractivity contribution is 5.87. The number of carbonyl (C=O) groups excluding carboxylic acids is 1. The highest BCUT2D eigenvalue weighted by atomic mass is 19.1. The predicted molar refractivity (Wildman–Crippen MR) is 90.1 cm³/mol. The molecule has 2 aromatic heterocycles. The largest absolute Gasteiger partial charge is 0.453 e. The second kappa shape index (κ2) is 6.83. The van der Waals surface area contributed by atoms with Crippen LogP contribution in [0.3, 0.4) is 0 Å². The zero-order valence-electron chi connectivity index (χ0n) is 14.1. The van der Waals surface area contributed by atoms with Gasteiger partial charge in [0.2, 0.25) is 5.76 Å². The molecule has 0 unspecified atom stereocenters. The Labute approximate surface area is 146 Å². The molecule has 0 aliphatic heterocycles. The third kappa shape index (κ3) is 3.21. The van der Waals surface area contributed by atoms with Gasteiger partial charge in [-0.3, -0.25) is 13.9 Å². The van der Waals surface area contributed by atoms with Crippen LogP contribution in [0.2, 0.25) is 0 Å². The highest BCUT2D eigenvalue weighted by Crippen LogP contribution is 2.25. The summed E-state index contributed by atoms with van der Waals surface area (Å²) in [5.41, 5.74) is -0.560. The molecule has 7 nitrogen and oxygen atoms in total. The van der Waals surface area contributed by atoms with E-state index in [0.717, 1.165) is 4.57 Å². The zero-order chi connectivity index (χ0) is 18.8. The first-order chi connectivity index (χ1) is 12.4. The number of esters is 1. The van der Waals surface area contributed by atoms with Crippen LogP contribution in [0.15, 0.2) is 56.5 Å². The predicted octanol–water partition coefficient (Wildman–Crippen LogP) is 1.84. The van der Waals surface area contributed by atoms with Crippen molar-refractivity contribution in [3.05, 3.63) is 80.6 Å². The number of hydrogen-bond donors (Lipinski definition) is 0. The van der Waals surface area contributed by atoms with Gasteiger partial charge in [0.25, 0.3) is 5.56 Å². The molecule has 0 amide bonds. The molecule has 0 radical (unpaired) electrons. The summed E-state index contributed by atoms with van der Waals surface area (Å²) < 4.78 is 26.4. The van der Waals surface area contributed by atoms with Crippen molar-refractivity contribution in [2.45, 2.75) is 6.61 Å². The average molecular weight is 358 g/mol. The summed E-state index contributed by atoms with van der Waals surface area (Å²) in [5.74, 6) is -1.19. The third-order valence-corrected chi connectivity index (χ3v) is 3.92. The van der Waals surface area contributed by atoms with Gasteiger partial charge in [0, 0.05) is 20.2 Å². The van der Waals surface area contributed by atoms with Crippen LogP contribution in [0, 0.1) is 5.82 Å². The zero-order valence-corrected chi connectivity index (χ0v) is 14.1. The highest BCUT2D eigenvalue weighted by Gasteiger charge is 2.16. The fourth-order valence-electron chi connectivity index (χ4n) is 2.38. The molecule has 2 heterocycles. The molecule has 3 aromatic rings. The number of hydrogen-bond acceptors (Lipinski definition) is 5. The molecule has 26 heavy (non-hydrogen) atoms. The van der Waals surface area contributed by atoms with Gasteiger partial charge in [-0.05, 0) is 24.3 Å². The van der Waals surface area contributed by atoms with Gasteiger partial charge in [0.1, 0.15) is 18.2 Å². The molecule has 0 atom stereocenters. The van der Waals surface area contributed by atoms with E-state index in [1.807, 2.05) is 0 Å². The standard InChI is InChI=1S/C18H15FN2O5/c1-20-11(9-16(22)21(2)18(20)24)10-25-17(23)15-8-7-14(26-15)12-5-3-4-6-13(12)19/h3-9H,10H2,1-2H3. The number of aromatic nitrogens is 2. The molecule has 0 bridgehead atoms. The lowest BCUT2D eigenvalue weighted by molar-refractivity contribution is 0.0427. The molecule has 0 aliphatic carbocycles. The van der Waals surface area contributed by atoms with E-state index in [1.165, 1.54) is 49.0 Å². The van der Waals surface area contributed by atoms with Crippen LogP contribution >= 0.6 is 0 Å². The number of furan rings is 1. The van der Waals surface area contributed by atoms with Gasteiger partial charge < -0.3 is 9.15 Å². The number of carbonyl (C=O) groups is 1. The Balaban J connectivity index is 1.77. The van der Waals surface area contributed by atoms with E-state index in [0.29, 0.717) is 0 Å². The van der Waals surface area contributed by atoms with Crippen LogP contribution in [0.1, 0.15) is 16.2 Å². The van der Waals surface area contributed by atoms with Crippen molar-refractivity contribution in [3.8, 4) is 11.3 Å². The fourth-order valence-corrected chi connectivity index (χ4v) is 2.38. The van der Waals surface area contributed by atoms with Crippen LogP contribution in [-0.4, -0.2) is 15.1 Å². The molecular weight excluding hydrogens is 343 g/mol. The van der Waals surface area contributed by atoms with Crippen LogP contribution in [0.25, 0.3) is 11.3 Å². The first-order valence-electron chi connectivity index (χ1n) is 7.66. The van der Waals surface area contributed by atoms with Gasteiger partial charge in [-0.15, -0.1) is 0 Å². The summed E-state index contributed by atoms with van der Waals surface area (Å²) in [6.07, 6.45) is 0. The fraction of sp³-hybridized carbons (Fsp3) is 0.167. The van der Waals surface area contributed by atoms with Gasteiger partial charge in [-0.2, -0.15) is 0 Å². The average Bonchev–Trinajstić information content (AvgIpc) is 3.12. The molecule has 0 fully saturated rings. The number of benzene rings is 1. The van der Waals surface area contributed by atoms with Gasteiger partial charge >= 0.3 is 11.7 Å². The molecule has 1 aromatic carbocycles. The first kappa shape index (κ1) is 17.4. The summed E-state index contributed by atoms with van der Waals surface area (Å²) in [7, 11) is 2.82. The lowest BCUT2D eigenvalue weighted by atomic mass is 10.1. The van der Waals surface area contributed by atoms with Gasteiger partial charge in [0.05, 0.1) is 11.3 Å². The third-order valence-electron chi connectivity index (χ3n) is 3.92. The van der Waals surface area contributed by atoms with Crippen LogP contribution in [0.5, 0.6) is 0 Å². The van der Waals surface area contributed by atoms with Crippen LogP contribution in [-0.2, 0) is 25.4 Å². The molecule has 134 valence electrons. The quantitative estimate of drug-likeness (QED) is 0.665. The van der Waals surface area contributed by atoms with Crippen molar-refractivity contribution in [1.29, 1.82) is 0 Å². The second-order valence-electron chi connectivity index (χ2n) is 5.59. The van der Waals surface area contributed by atoms with Crippen molar-refractivity contribution >= 4 is 5.97 Å². The number of ether oxygens (including phenoxy) is 1. The number of nitrogens with zero attached hydrogens (tertiary/aromatic N) is 2. The summed E-state index contributed by atoms with van der Waals surface area (Å²) in [6.45, 7) is -0.281. The Morgan fingerprint density at radius 3 is 2.58 bits per heavy atom. The van der Waals surface area contributed by atoms with E-state index in [4.69, 9.17) is 9.15 Å². The minimum Gasteiger partial charge on any atom is -0.453 e. The van der Waals surface area contributed by atoms with Crippen LogP contribution in [0.4, 0.5) is 4.39 Å². The van der Waals surface area contributed by atoms with Crippen molar-refractivity contribution in [2.24, 2.45) is 14.1 Å². The van der Waals surface area contributed by atoms with E-state index in [1.54, 1.807) is 12.1 Å². The van der Waals surface area contributed by atoms with Crippen molar-refractivity contribution in [2.75, 3.05) is 0 Å². The summed E-state index contributed by atoms with van der Waals surface area (Å²) in [5, 5.41) is 0. The molecule has 3 rings (SSSR count). The Morgan fingerprint density at radius 1 is 1.12 bits per heavy atom. The summed E-state index contributed by atoms with van der Waals surface area (Å²) in [4.78, 5) is 35.6.